The van der Waals surface area contributed by atoms with Gasteiger partial charge in [0, 0.05) is 10.6 Å². The van der Waals surface area contributed by atoms with Gasteiger partial charge >= 0.3 is 0 Å². The standard InChI is InChI=1S/C21H21ClN2O4S/c1-14(16-7-4-3-5-8-16)23-20(25)13-29(26,27)12-19-15(2)28-21(24-19)17-9-6-10-18(22)11-17/h3-11,14H,12-13H2,1-2H3,(H,23,25)/t14-/m1/s1. The van der Waals surface area contributed by atoms with E-state index in [0.717, 1.165) is 5.56 Å². The van der Waals surface area contributed by atoms with Crippen molar-refractivity contribution in [1.29, 1.82) is 0 Å². The Hall–Kier alpha value is -2.64. The molecule has 0 fully saturated rings. The number of rotatable bonds is 7. The lowest BCUT2D eigenvalue weighted by Gasteiger charge is -2.14. The molecule has 0 bridgehead atoms. The van der Waals surface area contributed by atoms with E-state index in [1.807, 2.05) is 30.3 Å². The molecule has 152 valence electrons. The molecule has 0 aliphatic carbocycles. The molecule has 3 rings (SSSR count). The van der Waals surface area contributed by atoms with E-state index in [-0.39, 0.29) is 23.4 Å². The number of sulfone groups is 1. The Labute approximate surface area is 174 Å². The highest BCUT2D eigenvalue weighted by molar-refractivity contribution is 7.91. The van der Waals surface area contributed by atoms with Gasteiger partial charge in [-0.3, -0.25) is 4.79 Å². The first kappa shape index (κ1) is 21.1. The average molecular weight is 433 g/mol. The van der Waals surface area contributed by atoms with Gasteiger partial charge in [-0.05, 0) is 37.6 Å². The number of amides is 1. The second kappa shape index (κ2) is 8.80. The van der Waals surface area contributed by atoms with Crippen molar-refractivity contribution in [2.45, 2.75) is 25.6 Å². The zero-order valence-corrected chi connectivity index (χ0v) is 17.6. The molecule has 8 heteroatoms. The van der Waals surface area contributed by atoms with Crippen LogP contribution in [0, 0.1) is 6.92 Å². The summed E-state index contributed by atoms with van der Waals surface area (Å²) in [5, 5.41) is 3.24. The highest BCUT2D eigenvalue weighted by Crippen LogP contribution is 2.25. The number of hydrogen-bond donors (Lipinski definition) is 1. The number of halogens is 1. The molecule has 29 heavy (non-hydrogen) atoms. The number of carbonyl (C=O) groups is 1. The molecule has 6 nitrogen and oxygen atoms in total. The van der Waals surface area contributed by atoms with E-state index in [0.29, 0.717) is 16.3 Å². The Morgan fingerprint density at radius 3 is 2.59 bits per heavy atom. The van der Waals surface area contributed by atoms with E-state index in [1.165, 1.54) is 0 Å². The predicted octanol–water partition coefficient (Wildman–Crippen LogP) is 4.10. The van der Waals surface area contributed by atoms with Crippen molar-refractivity contribution < 1.29 is 17.6 Å². The van der Waals surface area contributed by atoms with Crippen LogP contribution in [0.5, 0.6) is 0 Å². The molecule has 0 saturated heterocycles. The number of nitrogens with one attached hydrogen (secondary N) is 1. The topological polar surface area (TPSA) is 89.3 Å². The molecule has 1 amide bonds. The van der Waals surface area contributed by atoms with Gasteiger partial charge in [0.25, 0.3) is 0 Å². The first-order valence-corrected chi connectivity index (χ1v) is 11.2. The predicted molar refractivity (Wildman–Crippen MR) is 112 cm³/mol. The molecule has 1 heterocycles. The molecular formula is C21H21ClN2O4S. The molecule has 0 saturated carbocycles. The Balaban J connectivity index is 1.67. The summed E-state index contributed by atoms with van der Waals surface area (Å²) >= 11 is 5.98. The number of aryl methyl sites for hydroxylation is 1. The van der Waals surface area contributed by atoms with E-state index in [9.17, 15) is 13.2 Å². The van der Waals surface area contributed by atoms with Gasteiger partial charge in [-0.25, -0.2) is 13.4 Å². The van der Waals surface area contributed by atoms with E-state index >= 15 is 0 Å². The van der Waals surface area contributed by atoms with Crippen molar-refractivity contribution in [2.24, 2.45) is 0 Å². The molecule has 0 unspecified atom stereocenters. The Morgan fingerprint density at radius 2 is 1.90 bits per heavy atom. The molecule has 1 atom stereocenters. The summed E-state index contributed by atoms with van der Waals surface area (Å²) in [6, 6.07) is 16.0. The van der Waals surface area contributed by atoms with E-state index < -0.39 is 21.5 Å². The van der Waals surface area contributed by atoms with Gasteiger partial charge in [-0.2, -0.15) is 0 Å². The minimum absolute atomic E-state index is 0.281. The van der Waals surface area contributed by atoms with Gasteiger partial charge in [0.1, 0.15) is 11.5 Å². The molecule has 2 aromatic carbocycles. The van der Waals surface area contributed by atoms with Gasteiger partial charge in [0.15, 0.2) is 9.84 Å². The monoisotopic (exact) mass is 432 g/mol. The maximum Gasteiger partial charge on any atom is 0.235 e. The minimum Gasteiger partial charge on any atom is -0.441 e. The van der Waals surface area contributed by atoms with Crippen LogP contribution in [0.15, 0.2) is 59.0 Å². The lowest BCUT2D eigenvalue weighted by atomic mass is 10.1. The van der Waals surface area contributed by atoms with Crippen molar-refractivity contribution in [3.05, 3.63) is 76.6 Å². The third-order valence-corrected chi connectivity index (χ3v) is 6.00. The minimum atomic E-state index is -3.72. The van der Waals surface area contributed by atoms with E-state index in [2.05, 4.69) is 10.3 Å². The number of carbonyl (C=O) groups excluding carboxylic acids is 1. The van der Waals surface area contributed by atoms with Gasteiger partial charge in [-0.15, -0.1) is 0 Å². The summed E-state index contributed by atoms with van der Waals surface area (Å²) in [5.41, 5.74) is 1.83. The van der Waals surface area contributed by atoms with Gasteiger partial charge in [-0.1, -0.05) is 48.0 Å². The Morgan fingerprint density at radius 1 is 1.17 bits per heavy atom. The van der Waals surface area contributed by atoms with Crippen molar-refractivity contribution in [1.82, 2.24) is 10.3 Å². The summed E-state index contributed by atoms with van der Waals surface area (Å²) < 4.78 is 30.6. The van der Waals surface area contributed by atoms with Crippen LogP contribution >= 0.6 is 11.6 Å². The number of benzene rings is 2. The number of oxazole rings is 1. The fourth-order valence-corrected chi connectivity index (χ4v) is 4.33. The number of hydrogen-bond acceptors (Lipinski definition) is 5. The van der Waals surface area contributed by atoms with Crippen LogP contribution in [-0.4, -0.2) is 25.1 Å². The fourth-order valence-electron chi connectivity index (χ4n) is 2.87. The smallest absolute Gasteiger partial charge is 0.235 e. The summed E-state index contributed by atoms with van der Waals surface area (Å²) in [6.45, 7) is 3.45. The van der Waals surface area contributed by atoms with Crippen LogP contribution in [0.3, 0.4) is 0 Å². The average Bonchev–Trinajstić information content (AvgIpc) is 3.01. The van der Waals surface area contributed by atoms with Crippen LogP contribution in [0.25, 0.3) is 11.5 Å². The normalized spacial score (nSPS) is 12.5. The van der Waals surface area contributed by atoms with Crippen molar-refractivity contribution in [2.75, 3.05) is 5.75 Å². The highest BCUT2D eigenvalue weighted by Gasteiger charge is 2.23. The molecule has 0 spiro atoms. The van der Waals surface area contributed by atoms with Crippen molar-refractivity contribution in [3.63, 3.8) is 0 Å². The maximum atomic E-state index is 12.5. The van der Waals surface area contributed by atoms with Gasteiger partial charge < -0.3 is 9.73 Å². The summed E-state index contributed by atoms with van der Waals surface area (Å²) in [5.74, 6) is -0.879. The van der Waals surface area contributed by atoms with Crippen LogP contribution in [-0.2, 0) is 20.4 Å². The lowest BCUT2D eigenvalue weighted by molar-refractivity contribution is -0.119. The van der Waals surface area contributed by atoms with Gasteiger partial charge in [0.2, 0.25) is 11.8 Å². The van der Waals surface area contributed by atoms with Crippen LogP contribution in [0.4, 0.5) is 0 Å². The molecular weight excluding hydrogens is 412 g/mol. The molecule has 0 aliphatic heterocycles. The first-order chi connectivity index (χ1) is 13.7. The largest absolute Gasteiger partial charge is 0.441 e. The van der Waals surface area contributed by atoms with Crippen LogP contribution in [0.2, 0.25) is 5.02 Å². The van der Waals surface area contributed by atoms with Crippen LogP contribution in [0.1, 0.15) is 30.0 Å². The third-order valence-electron chi connectivity index (χ3n) is 4.35. The molecule has 0 radical (unpaired) electrons. The SMILES string of the molecule is Cc1oc(-c2cccc(Cl)c2)nc1CS(=O)(=O)CC(=O)N[C@H](C)c1ccccc1. The fraction of sp³-hybridized carbons (Fsp3) is 0.238. The summed E-state index contributed by atoms with van der Waals surface area (Å²) in [6.07, 6.45) is 0. The van der Waals surface area contributed by atoms with Crippen molar-refractivity contribution >= 4 is 27.3 Å². The Kier molecular flexibility index (Phi) is 6.39. The second-order valence-electron chi connectivity index (χ2n) is 6.76. The Bertz CT molecular complexity index is 1110. The highest BCUT2D eigenvalue weighted by atomic mass is 35.5. The first-order valence-electron chi connectivity index (χ1n) is 9.00. The summed E-state index contributed by atoms with van der Waals surface area (Å²) in [4.78, 5) is 16.5. The van der Waals surface area contributed by atoms with Crippen molar-refractivity contribution in [3.8, 4) is 11.5 Å². The molecule has 0 aliphatic rings. The summed E-state index contributed by atoms with van der Waals surface area (Å²) in [7, 11) is -3.72. The number of nitrogens with zero attached hydrogens (tertiary/aromatic N) is 1. The second-order valence-corrected chi connectivity index (χ2v) is 9.27. The molecule has 1 aromatic heterocycles. The van der Waals surface area contributed by atoms with E-state index in [1.54, 1.807) is 38.1 Å². The van der Waals surface area contributed by atoms with Crippen LogP contribution < -0.4 is 5.32 Å². The lowest BCUT2D eigenvalue weighted by Crippen LogP contribution is -2.32. The zero-order chi connectivity index (χ0) is 21.0. The number of aromatic nitrogens is 1. The maximum absolute atomic E-state index is 12.5. The molecule has 1 N–H and O–H groups in total. The molecule has 3 aromatic rings. The quantitative estimate of drug-likeness (QED) is 0.607. The third kappa shape index (κ3) is 5.68. The van der Waals surface area contributed by atoms with E-state index in [4.69, 9.17) is 16.0 Å². The zero-order valence-electron chi connectivity index (χ0n) is 16.1. The van der Waals surface area contributed by atoms with Gasteiger partial charge in [0.05, 0.1) is 17.5 Å².